The van der Waals surface area contributed by atoms with Crippen LogP contribution < -0.4 is 10.6 Å². The summed E-state index contributed by atoms with van der Waals surface area (Å²) in [5.74, 6) is -0.421. The number of hydrogen-bond donors (Lipinski definition) is 1. The molecule has 106 valence electrons. The zero-order valence-electron chi connectivity index (χ0n) is 11.5. The Bertz CT molecular complexity index is 647. The molecule has 20 heavy (non-hydrogen) atoms. The standard InChI is InChI=1S/C14H17N3O2S/c1-8(2)19-10-6-17(7-10)14-16-11-5-9(13(15)18)3-4-12(11)20-14/h3-5,8,10H,6-7H2,1-2H3,(H2,15,18). The van der Waals surface area contributed by atoms with Crippen LogP contribution in [-0.4, -0.2) is 36.2 Å². The van der Waals surface area contributed by atoms with Crippen LogP contribution in [0.15, 0.2) is 18.2 Å². The van der Waals surface area contributed by atoms with Gasteiger partial charge in [0.25, 0.3) is 0 Å². The van der Waals surface area contributed by atoms with Gasteiger partial charge in [0, 0.05) is 18.7 Å². The number of fused-ring (bicyclic) bond motifs is 1. The molecule has 1 aromatic carbocycles. The molecular formula is C14H17N3O2S. The summed E-state index contributed by atoms with van der Waals surface area (Å²) < 4.78 is 6.80. The molecule has 1 amide bonds. The SMILES string of the molecule is CC(C)OC1CN(c2nc3cc(C(N)=O)ccc3s2)C1. The zero-order chi connectivity index (χ0) is 14.3. The third-order valence-corrected chi connectivity index (χ3v) is 4.34. The van der Waals surface area contributed by atoms with Gasteiger partial charge in [0.2, 0.25) is 5.91 Å². The van der Waals surface area contributed by atoms with Crippen molar-refractivity contribution < 1.29 is 9.53 Å². The monoisotopic (exact) mass is 291 g/mol. The van der Waals surface area contributed by atoms with E-state index in [-0.39, 0.29) is 6.10 Å². The molecule has 3 rings (SSSR count). The highest BCUT2D eigenvalue weighted by Crippen LogP contribution is 2.32. The molecular weight excluding hydrogens is 274 g/mol. The molecule has 0 atom stereocenters. The largest absolute Gasteiger partial charge is 0.372 e. The second-order valence-electron chi connectivity index (χ2n) is 5.26. The zero-order valence-corrected chi connectivity index (χ0v) is 12.3. The van der Waals surface area contributed by atoms with Gasteiger partial charge in [-0.1, -0.05) is 11.3 Å². The molecule has 1 aliphatic heterocycles. The van der Waals surface area contributed by atoms with E-state index in [9.17, 15) is 4.79 Å². The molecule has 0 saturated carbocycles. The van der Waals surface area contributed by atoms with E-state index in [2.05, 4.69) is 9.88 Å². The van der Waals surface area contributed by atoms with Gasteiger partial charge in [0.15, 0.2) is 5.13 Å². The van der Waals surface area contributed by atoms with Gasteiger partial charge in [0.05, 0.1) is 22.4 Å². The highest BCUT2D eigenvalue weighted by Gasteiger charge is 2.30. The van der Waals surface area contributed by atoms with Crippen molar-refractivity contribution in [3.63, 3.8) is 0 Å². The van der Waals surface area contributed by atoms with Crippen LogP contribution in [-0.2, 0) is 4.74 Å². The first-order valence-electron chi connectivity index (χ1n) is 6.63. The van der Waals surface area contributed by atoms with E-state index < -0.39 is 5.91 Å². The summed E-state index contributed by atoms with van der Waals surface area (Å²) >= 11 is 1.63. The number of ether oxygens (including phenoxy) is 1. The number of nitrogens with two attached hydrogens (primary N) is 1. The second kappa shape index (κ2) is 5.03. The number of amides is 1. The number of carbonyl (C=O) groups is 1. The van der Waals surface area contributed by atoms with Crippen LogP contribution >= 0.6 is 11.3 Å². The maximum atomic E-state index is 11.2. The summed E-state index contributed by atoms with van der Waals surface area (Å²) in [4.78, 5) is 17.9. The van der Waals surface area contributed by atoms with Crippen molar-refractivity contribution in [3.8, 4) is 0 Å². The number of rotatable bonds is 4. The number of carbonyl (C=O) groups excluding carboxylic acids is 1. The number of nitrogens with zero attached hydrogens (tertiary/aromatic N) is 2. The van der Waals surface area contributed by atoms with Crippen molar-refractivity contribution >= 4 is 32.6 Å². The van der Waals surface area contributed by atoms with E-state index in [0.717, 1.165) is 28.4 Å². The lowest BCUT2D eigenvalue weighted by Crippen LogP contribution is -2.53. The molecule has 2 aromatic rings. The Kier molecular flexibility index (Phi) is 3.35. The molecule has 1 fully saturated rings. The molecule has 0 spiro atoms. The Morgan fingerprint density at radius 1 is 1.50 bits per heavy atom. The molecule has 6 heteroatoms. The van der Waals surface area contributed by atoms with Crippen molar-refractivity contribution in [3.05, 3.63) is 23.8 Å². The minimum atomic E-state index is -0.421. The van der Waals surface area contributed by atoms with Crippen LogP contribution in [0, 0.1) is 0 Å². The number of hydrogen-bond acceptors (Lipinski definition) is 5. The van der Waals surface area contributed by atoms with Crippen LogP contribution in [0.1, 0.15) is 24.2 Å². The summed E-state index contributed by atoms with van der Waals surface area (Å²) in [5, 5.41) is 0.977. The number of thiazole rings is 1. The van der Waals surface area contributed by atoms with Crippen LogP contribution in [0.5, 0.6) is 0 Å². The van der Waals surface area contributed by atoms with E-state index >= 15 is 0 Å². The van der Waals surface area contributed by atoms with Gasteiger partial charge in [-0.3, -0.25) is 4.79 Å². The van der Waals surface area contributed by atoms with Gasteiger partial charge in [-0.05, 0) is 32.0 Å². The van der Waals surface area contributed by atoms with Crippen molar-refractivity contribution in [2.45, 2.75) is 26.1 Å². The molecule has 0 unspecified atom stereocenters. The van der Waals surface area contributed by atoms with Crippen molar-refractivity contribution in [2.24, 2.45) is 5.73 Å². The molecule has 2 heterocycles. The predicted molar refractivity (Wildman–Crippen MR) is 80.4 cm³/mol. The van der Waals surface area contributed by atoms with Crippen LogP contribution in [0.3, 0.4) is 0 Å². The smallest absolute Gasteiger partial charge is 0.248 e. The van der Waals surface area contributed by atoms with E-state index in [1.807, 2.05) is 19.9 Å². The quantitative estimate of drug-likeness (QED) is 0.935. The van der Waals surface area contributed by atoms with Crippen molar-refractivity contribution in [1.29, 1.82) is 0 Å². The maximum Gasteiger partial charge on any atom is 0.248 e. The molecule has 1 aliphatic rings. The molecule has 5 nitrogen and oxygen atoms in total. The van der Waals surface area contributed by atoms with E-state index in [4.69, 9.17) is 10.5 Å². The molecule has 0 radical (unpaired) electrons. The lowest BCUT2D eigenvalue weighted by atomic mass is 10.2. The fourth-order valence-electron chi connectivity index (χ4n) is 2.27. The minimum Gasteiger partial charge on any atom is -0.372 e. The third-order valence-electron chi connectivity index (χ3n) is 3.24. The van der Waals surface area contributed by atoms with Crippen LogP contribution in [0.4, 0.5) is 5.13 Å². The van der Waals surface area contributed by atoms with Crippen molar-refractivity contribution in [1.82, 2.24) is 4.98 Å². The van der Waals surface area contributed by atoms with Gasteiger partial charge in [0.1, 0.15) is 0 Å². The molecule has 1 aromatic heterocycles. The Labute approximate surface area is 121 Å². The van der Waals surface area contributed by atoms with Gasteiger partial charge >= 0.3 is 0 Å². The Hall–Kier alpha value is -1.66. The average molecular weight is 291 g/mol. The lowest BCUT2D eigenvalue weighted by Gasteiger charge is -2.39. The Morgan fingerprint density at radius 3 is 2.90 bits per heavy atom. The highest BCUT2D eigenvalue weighted by molar-refractivity contribution is 7.22. The second-order valence-corrected chi connectivity index (χ2v) is 6.26. The van der Waals surface area contributed by atoms with Gasteiger partial charge in [-0.15, -0.1) is 0 Å². The van der Waals surface area contributed by atoms with Crippen LogP contribution in [0.2, 0.25) is 0 Å². The number of aromatic nitrogens is 1. The first kappa shape index (κ1) is 13.3. The molecule has 0 aliphatic carbocycles. The fraction of sp³-hybridized carbons (Fsp3) is 0.429. The van der Waals surface area contributed by atoms with Crippen LogP contribution in [0.25, 0.3) is 10.2 Å². The number of primary amides is 1. The summed E-state index contributed by atoms with van der Waals surface area (Å²) in [6, 6.07) is 5.39. The van der Waals surface area contributed by atoms with E-state index in [1.165, 1.54) is 0 Å². The first-order chi connectivity index (χ1) is 9.52. The molecule has 0 bridgehead atoms. The maximum absolute atomic E-state index is 11.2. The minimum absolute atomic E-state index is 0.260. The summed E-state index contributed by atoms with van der Waals surface area (Å²) in [7, 11) is 0. The summed E-state index contributed by atoms with van der Waals surface area (Å²) in [6.07, 6.45) is 0.554. The molecule has 1 saturated heterocycles. The lowest BCUT2D eigenvalue weighted by molar-refractivity contribution is -0.00718. The topological polar surface area (TPSA) is 68.4 Å². The Morgan fingerprint density at radius 2 is 2.25 bits per heavy atom. The number of benzene rings is 1. The third kappa shape index (κ3) is 2.48. The number of anilines is 1. The van der Waals surface area contributed by atoms with Crippen molar-refractivity contribution in [2.75, 3.05) is 18.0 Å². The fourth-order valence-corrected chi connectivity index (χ4v) is 3.23. The van der Waals surface area contributed by atoms with E-state index in [1.54, 1.807) is 23.5 Å². The molecule has 2 N–H and O–H groups in total. The average Bonchev–Trinajstić information content (AvgIpc) is 2.74. The van der Waals surface area contributed by atoms with Gasteiger partial charge < -0.3 is 15.4 Å². The summed E-state index contributed by atoms with van der Waals surface area (Å²) in [5.41, 5.74) is 6.61. The van der Waals surface area contributed by atoms with Gasteiger partial charge in [-0.25, -0.2) is 4.98 Å². The summed E-state index contributed by atoms with van der Waals surface area (Å²) in [6.45, 7) is 5.85. The predicted octanol–water partition coefficient (Wildman–Crippen LogP) is 2.01. The van der Waals surface area contributed by atoms with Gasteiger partial charge in [-0.2, -0.15) is 0 Å². The highest BCUT2D eigenvalue weighted by atomic mass is 32.1. The van der Waals surface area contributed by atoms with E-state index in [0.29, 0.717) is 11.7 Å². The normalized spacial score (nSPS) is 15.8. The first-order valence-corrected chi connectivity index (χ1v) is 7.45. The Balaban J connectivity index is 1.76.